The molecule has 44 heavy (non-hydrogen) atoms. The number of alkyl halides is 3. The first kappa shape index (κ1) is 35.9. The molecule has 10 heteroatoms. The van der Waals surface area contributed by atoms with Gasteiger partial charge in [-0.15, -0.1) is 0 Å². The van der Waals surface area contributed by atoms with Crippen molar-refractivity contribution in [2.24, 2.45) is 5.41 Å². The minimum atomic E-state index is -4.40. The maximum atomic E-state index is 12.7. The molecule has 0 saturated carbocycles. The molecule has 3 rings (SSSR count). The fourth-order valence-corrected chi connectivity index (χ4v) is 4.19. The van der Waals surface area contributed by atoms with E-state index in [9.17, 15) is 27.6 Å². The molecule has 3 amide bonds. The Kier molecular flexibility index (Phi) is 13.9. The van der Waals surface area contributed by atoms with Gasteiger partial charge in [-0.3, -0.25) is 9.69 Å². The molecule has 0 spiro atoms. The first-order valence-electron chi connectivity index (χ1n) is 14.5. The van der Waals surface area contributed by atoms with Gasteiger partial charge in [-0.25, -0.2) is 9.59 Å². The number of carbonyl (C=O) groups is 3. The summed E-state index contributed by atoms with van der Waals surface area (Å²) >= 11 is 0. The van der Waals surface area contributed by atoms with Crippen molar-refractivity contribution < 1.29 is 37.4 Å². The molecule has 7 nitrogen and oxygen atoms in total. The number of carbonyl (C=O) groups excluding carboxylic acids is 3. The second-order valence-corrected chi connectivity index (χ2v) is 10.8. The zero-order valence-electron chi connectivity index (χ0n) is 25.6. The van der Waals surface area contributed by atoms with Crippen LogP contribution in [0.15, 0.2) is 78.9 Å². The summed E-state index contributed by atoms with van der Waals surface area (Å²) in [4.78, 5) is 36.7. The Labute approximate surface area is 257 Å². The van der Waals surface area contributed by atoms with Crippen molar-refractivity contribution in [2.75, 3.05) is 6.54 Å². The molecular weight excluding hydrogens is 573 g/mol. The van der Waals surface area contributed by atoms with Crippen molar-refractivity contribution >= 4 is 18.4 Å². The molecule has 0 heterocycles. The third-order valence-corrected chi connectivity index (χ3v) is 7.48. The highest BCUT2D eigenvalue weighted by atomic mass is 19.4. The average Bonchev–Trinajstić information content (AvgIpc) is 3.03. The minimum Gasteiger partial charge on any atom is -0.508 e. The average molecular weight is 615 g/mol. The van der Waals surface area contributed by atoms with Crippen LogP contribution in [0.25, 0.3) is 0 Å². The first-order chi connectivity index (χ1) is 20.9. The lowest BCUT2D eigenvalue weighted by Gasteiger charge is -2.32. The smallest absolute Gasteiger partial charge is 0.416 e. The number of nitrogens with one attached hydrogen (secondary N) is 1. The van der Waals surface area contributed by atoms with Gasteiger partial charge in [-0.1, -0.05) is 76.6 Å². The van der Waals surface area contributed by atoms with Gasteiger partial charge in [0, 0.05) is 6.54 Å². The quantitative estimate of drug-likeness (QED) is 0.158. The number of phenols is 1. The summed E-state index contributed by atoms with van der Waals surface area (Å²) in [5.74, 6) is -0.265. The van der Waals surface area contributed by atoms with E-state index in [0.717, 1.165) is 41.9 Å². The number of benzene rings is 3. The first-order valence-corrected chi connectivity index (χ1v) is 14.5. The van der Waals surface area contributed by atoms with Crippen LogP contribution in [0, 0.1) is 5.41 Å². The minimum absolute atomic E-state index is 0.129. The summed E-state index contributed by atoms with van der Waals surface area (Å²) in [5.41, 5.74) is 1.05. The number of aromatic hydroxyl groups is 1. The summed E-state index contributed by atoms with van der Waals surface area (Å²) < 4.78 is 43.4. The molecule has 0 bridgehead atoms. The second kappa shape index (κ2) is 17.1. The predicted octanol–water partition coefficient (Wildman–Crippen LogP) is 8.29. The fraction of sp³-hybridized carbons (Fsp3) is 0.382. The van der Waals surface area contributed by atoms with Crippen LogP contribution >= 0.6 is 0 Å². The lowest BCUT2D eigenvalue weighted by molar-refractivity contribution is -0.137. The Balaban J connectivity index is 0.000000338. The summed E-state index contributed by atoms with van der Waals surface area (Å²) in [7, 11) is 0. The van der Waals surface area contributed by atoms with Gasteiger partial charge in [0.05, 0.1) is 17.2 Å². The van der Waals surface area contributed by atoms with Crippen LogP contribution in [0.4, 0.5) is 18.0 Å². The fourth-order valence-electron chi connectivity index (χ4n) is 4.19. The van der Waals surface area contributed by atoms with Crippen LogP contribution in [0.3, 0.4) is 0 Å². The van der Waals surface area contributed by atoms with Crippen molar-refractivity contribution in [1.82, 2.24) is 10.2 Å². The van der Waals surface area contributed by atoms with Gasteiger partial charge in [-0.2, -0.15) is 13.2 Å². The molecule has 3 aromatic rings. The zero-order chi connectivity index (χ0) is 32.8. The number of esters is 1. The number of ether oxygens (including phenoxy) is 1. The van der Waals surface area contributed by atoms with Crippen LogP contribution in [0.2, 0.25) is 0 Å². The third-order valence-electron chi connectivity index (χ3n) is 7.48. The summed E-state index contributed by atoms with van der Waals surface area (Å²) in [6, 6.07) is 19.2. The van der Waals surface area contributed by atoms with E-state index in [4.69, 9.17) is 9.84 Å². The number of phenolic OH excluding ortho intramolecular Hbond substituents is 1. The Morgan fingerprint density at radius 1 is 0.932 bits per heavy atom. The lowest BCUT2D eigenvalue weighted by atomic mass is 9.84. The van der Waals surface area contributed by atoms with Gasteiger partial charge in [0.1, 0.15) is 12.4 Å². The Bertz CT molecular complexity index is 1310. The number of urea groups is 1. The van der Waals surface area contributed by atoms with E-state index in [0.29, 0.717) is 30.5 Å². The molecule has 2 N–H and O–H groups in total. The van der Waals surface area contributed by atoms with Crippen LogP contribution in [0.1, 0.15) is 86.5 Å². The van der Waals surface area contributed by atoms with Gasteiger partial charge in [0.25, 0.3) is 0 Å². The van der Waals surface area contributed by atoms with E-state index in [1.165, 1.54) is 36.4 Å². The van der Waals surface area contributed by atoms with E-state index in [1.54, 1.807) is 0 Å². The number of amides is 3. The number of hydrogen-bond acceptors (Lipinski definition) is 5. The van der Waals surface area contributed by atoms with Crippen LogP contribution in [0.5, 0.6) is 5.75 Å². The van der Waals surface area contributed by atoms with Gasteiger partial charge in [0.15, 0.2) is 0 Å². The molecule has 1 unspecified atom stereocenters. The number of hydrogen-bond donors (Lipinski definition) is 2. The molecule has 0 aliphatic heterocycles. The van der Waals surface area contributed by atoms with E-state index >= 15 is 0 Å². The van der Waals surface area contributed by atoms with Crippen molar-refractivity contribution in [3.63, 3.8) is 0 Å². The predicted molar refractivity (Wildman–Crippen MR) is 163 cm³/mol. The Morgan fingerprint density at radius 3 is 2.02 bits per heavy atom. The van der Waals surface area contributed by atoms with Gasteiger partial charge < -0.3 is 15.2 Å². The van der Waals surface area contributed by atoms with Crippen molar-refractivity contribution in [3.8, 4) is 5.75 Å². The topological polar surface area (TPSA) is 95.9 Å². The standard InChI is InChI=1S/C20H29F3N2O2.C14H12O3/c1-5-8-17(15-9-11-16(12-10-15)20(21,22)23)24-18(27)25(14-26)13-19(4,6-2)7-3;15-13-8-6-12(7-9-13)14(16)17-10-11-4-2-1-3-5-11/h9-12,14,17H,5-8,13H2,1-4H3,(H,24,27);1-9,15H,10H2. The molecule has 1 atom stereocenters. The summed E-state index contributed by atoms with van der Waals surface area (Å²) in [6.07, 6.45) is -0.968. The normalized spacial score (nSPS) is 11.9. The summed E-state index contributed by atoms with van der Waals surface area (Å²) in [6.45, 7) is 8.49. The SMILES string of the molecule is CCCC(NC(=O)N(C=O)CC(C)(CC)CC)c1ccc(C(F)(F)F)cc1.O=C(OCc1ccccc1)c1ccc(O)cc1. The number of halogens is 3. The molecule has 0 radical (unpaired) electrons. The third kappa shape index (κ3) is 11.4. The molecule has 0 saturated heterocycles. The van der Waals surface area contributed by atoms with E-state index < -0.39 is 29.8 Å². The number of imide groups is 1. The highest BCUT2D eigenvalue weighted by Crippen LogP contribution is 2.31. The monoisotopic (exact) mass is 614 g/mol. The largest absolute Gasteiger partial charge is 0.508 e. The molecular formula is C34H41F3N2O5. The number of rotatable bonds is 12. The van der Waals surface area contributed by atoms with Gasteiger partial charge >= 0.3 is 18.2 Å². The lowest BCUT2D eigenvalue weighted by Crippen LogP contribution is -2.45. The highest BCUT2D eigenvalue weighted by Gasteiger charge is 2.31. The van der Waals surface area contributed by atoms with Crippen LogP contribution in [-0.2, 0) is 22.3 Å². The maximum absolute atomic E-state index is 12.7. The maximum Gasteiger partial charge on any atom is 0.416 e. The van der Waals surface area contributed by atoms with Crippen LogP contribution in [-0.4, -0.2) is 35.0 Å². The molecule has 0 aliphatic rings. The second-order valence-electron chi connectivity index (χ2n) is 10.8. The molecule has 0 fully saturated rings. The molecule has 238 valence electrons. The summed E-state index contributed by atoms with van der Waals surface area (Å²) in [5, 5.41) is 11.9. The molecule has 0 aliphatic carbocycles. The molecule has 3 aromatic carbocycles. The van der Waals surface area contributed by atoms with Gasteiger partial charge in [0.2, 0.25) is 6.41 Å². The van der Waals surface area contributed by atoms with Crippen LogP contribution < -0.4 is 5.32 Å². The van der Waals surface area contributed by atoms with Crippen molar-refractivity contribution in [3.05, 3.63) is 101 Å². The van der Waals surface area contributed by atoms with Crippen molar-refractivity contribution in [2.45, 2.75) is 72.2 Å². The van der Waals surface area contributed by atoms with E-state index in [1.807, 2.05) is 58.0 Å². The zero-order valence-corrected chi connectivity index (χ0v) is 25.6. The Morgan fingerprint density at radius 2 is 1.52 bits per heavy atom. The van der Waals surface area contributed by atoms with Crippen molar-refractivity contribution in [1.29, 1.82) is 0 Å². The number of nitrogens with zero attached hydrogens (tertiary/aromatic N) is 1. The van der Waals surface area contributed by atoms with E-state index in [2.05, 4.69) is 5.32 Å². The Hall–Kier alpha value is -4.34. The van der Waals surface area contributed by atoms with Gasteiger partial charge in [-0.05, 0) is 72.2 Å². The highest BCUT2D eigenvalue weighted by molar-refractivity contribution is 5.89. The molecule has 0 aromatic heterocycles. The van der Waals surface area contributed by atoms with E-state index in [-0.39, 0.29) is 17.8 Å².